The van der Waals surface area contributed by atoms with Crippen molar-refractivity contribution in [2.24, 2.45) is 29.6 Å². The van der Waals surface area contributed by atoms with Gasteiger partial charge in [0, 0.05) is 27.8 Å². The number of hydrogen-bond donors (Lipinski definition) is 3. The van der Waals surface area contributed by atoms with Crippen LogP contribution in [0.1, 0.15) is 94.4 Å². The Balaban J connectivity index is 3.28. The van der Waals surface area contributed by atoms with Crippen LogP contribution in [0.25, 0.3) is 0 Å². The van der Waals surface area contributed by atoms with Crippen molar-refractivity contribution in [3.8, 4) is 0 Å². The van der Waals surface area contributed by atoms with Gasteiger partial charge in [-0.1, -0.05) is 68.7 Å². The third-order valence-corrected chi connectivity index (χ3v) is 10.3. The van der Waals surface area contributed by atoms with E-state index in [0.29, 0.717) is 19.4 Å². The number of ether oxygens (including phenoxy) is 2. The molecular weight excluding hydrogens is 642 g/mol. The van der Waals surface area contributed by atoms with Gasteiger partial charge in [-0.05, 0) is 57.0 Å². The van der Waals surface area contributed by atoms with Gasteiger partial charge in [-0.15, -0.1) is 0 Å². The van der Waals surface area contributed by atoms with Crippen molar-refractivity contribution in [3.63, 3.8) is 0 Å². The molecule has 1 aliphatic rings. The zero-order chi connectivity index (χ0) is 38.6. The number of likely N-dealkylation sites (tertiary alicyclic amines) is 1. The molecule has 0 aromatic rings. The molecule has 1 saturated heterocycles. The summed E-state index contributed by atoms with van der Waals surface area (Å²) in [7, 11) is 8.45. The van der Waals surface area contributed by atoms with Crippen molar-refractivity contribution in [2.45, 2.75) is 137 Å². The summed E-state index contributed by atoms with van der Waals surface area (Å²) in [6.07, 6.45) is 1.07. The number of likely N-dealkylation sites (N-methyl/N-ethyl adjacent to an activating group) is 2. The molecule has 3 N–H and O–H groups in total. The summed E-state index contributed by atoms with van der Waals surface area (Å²) in [4.78, 5) is 71.9. The Hall–Kier alpha value is -2.77. The molecule has 0 bridgehead atoms. The molecule has 1 fully saturated rings. The normalized spacial score (nSPS) is 19.9. The van der Waals surface area contributed by atoms with E-state index in [9.17, 15) is 29.1 Å². The van der Waals surface area contributed by atoms with Crippen LogP contribution in [-0.2, 0) is 33.4 Å². The molecule has 50 heavy (non-hydrogen) atoms. The van der Waals surface area contributed by atoms with E-state index < -0.39 is 60.2 Å². The van der Waals surface area contributed by atoms with Crippen molar-refractivity contribution in [2.75, 3.05) is 41.9 Å². The van der Waals surface area contributed by atoms with Gasteiger partial charge in [0.1, 0.15) is 12.1 Å². The Kier molecular flexibility index (Phi) is 18.9. The van der Waals surface area contributed by atoms with Crippen molar-refractivity contribution >= 4 is 29.6 Å². The van der Waals surface area contributed by atoms with Gasteiger partial charge in [-0.2, -0.15) is 0 Å². The highest BCUT2D eigenvalue weighted by Crippen LogP contribution is 2.30. The second-order valence-electron chi connectivity index (χ2n) is 15.5. The van der Waals surface area contributed by atoms with Gasteiger partial charge in [0.2, 0.25) is 23.6 Å². The Morgan fingerprint density at radius 1 is 0.880 bits per heavy atom. The van der Waals surface area contributed by atoms with Crippen LogP contribution in [0.15, 0.2) is 0 Å². The zero-order valence-electron chi connectivity index (χ0n) is 33.3. The summed E-state index contributed by atoms with van der Waals surface area (Å²) >= 11 is 0. The first-order chi connectivity index (χ1) is 23.2. The minimum atomic E-state index is -1.09. The fourth-order valence-electron chi connectivity index (χ4n) is 7.41. The number of methoxy groups -OCH3 is 2. The standard InChI is InChI=1S/C37H69N5O8/c1-15-24(8)32(41(12)36(46)30(22(4)5)39-35(45)31(23(6)7)40(10)11)28(49-13)20-29(43)42-18-16-17-27(42)33(50-14)25(9)34(44)38-26(37(47)48)19-21(2)3/h21-28,30-33H,15-20H2,1-14H3,(H,38,44)(H,39,45)(H,47,48). The summed E-state index contributed by atoms with van der Waals surface area (Å²) < 4.78 is 11.8. The number of hydrogen-bond acceptors (Lipinski definition) is 8. The van der Waals surface area contributed by atoms with Gasteiger partial charge in [-0.25, -0.2) is 4.79 Å². The van der Waals surface area contributed by atoms with Crippen LogP contribution in [-0.4, -0.2) is 134 Å². The molecule has 0 radical (unpaired) electrons. The largest absolute Gasteiger partial charge is 0.480 e. The summed E-state index contributed by atoms with van der Waals surface area (Å²) in [6, 6.07) is -3.05. The fourth-order valence-corrected chi connectivity index (χ4v) is 7.41. The fraction of sp³-hybridized carbons (Fsp3) is 0.865. The SMILES string of the molecule is CCC(C)C(C(CC(=O)N1CCCC1C(OC)C(C)C(=O)NC(CC(C)C)C(=O)O)OC)N(C)C(=O)C(NC(=O)C(C(C)C)N(C)C)C(C)C. The third-order valence-electron chi connectivity index (χ3n) is 10.3. The van der Waals surface area contributed by atoms with E-state index in [-0.39, 0.29) is 47.8 Å². The molecule has 0 saturated carbocycles. The van der Waals surface area contributed by atoms with Crippen LogP contribution in [0.5, 0.6) is 0 Å². The second kappa shape index (κ2) is 20.9. The summed E-state index contributed by atoms with van der Waals surface area (Å²) in [6.45, 7) is 17.8. The van der Waals surface area contributed by atoms with E-state index in [0.717, 1.165) is 12.8 Å². The molecule has 290 valence electrons. The van der Waals surface area contributed by atoms with Crippen molar-refractivity contribution in [1.82, 2.24) is 25.3 Å². The van der Waals surface area contributed by atoms with Crippen LogP contribution in [0.3, 0.4) is 0 Å². The van der Waals surface area contributed by atoms with E-state index in [1.807, 2.05) is 74.4 Å². The topological polar surface area (TPSA) is 158 Å². The highest BCUT2D eigenvalue weighted by atomic mass is 16.5. The van der Waals surface area contributed by atoms with Crippen LogP contribution in [0.4, 0.5) is 0 Å². The number of carbonyl (C=O) groups is 5. The minimum absolute atomic E-state index is 0.000865. The summed E-state index contributed by atoms with van der Waals surface area (Å²) in [5, 5.41) is 15.3. The lowest BCUT2D eigenvalue weighted by Gasteiger charge is -2.41. The van der Waals surface area contributed by atoms with Crippen LogP contribution in [0, 0.1) is 29.6 Å². The smallest absolute Gasteiger partial charge is 0.326 e. The molecule has 0 aliphatic carbocycles. The second-order valence-corrected chi connectivity index (χ2v) is 15.5. The third kappa shape index (κ3) is 12.2. The van der Waals surface area contributed by atoms with E-state index in [1.54, 1.807) is 30.9 Å². The lowest BCUT2D eigenvalue weighted by atomic mass is 9.89. The van der Waals surface area contributed by atoms with Crippen molar-refractivity contribution < 1.29 is 38.6 Å². The molecule has 1 rings (SSSR count). The molecule has 13 nitrogen and oxygen atoms in total. The van der Waals surface area contributed by atoms with Gasteiger partial charge in [0.05, 0.1) is 42.7 Å². The number of carboxylic acid groups (broad SMARTS) is 1. The van der Waals surface area contributed by atoms with Crippen LogP contribution < -0.4 is 10.6 Å². The Labute approximate surface area is 301 Å². The van der Waals surface area contributed by atoms with E-state index in [4.69, 9.17) is 9.47 Å². The first-order valence-electron chi connectivity index (χ1n) is 18.4. The predicted molar refractivity (Wildman–Crippen MR) is 194 cm³/mol. The average molecular weight is 712 g/mol. The molecule has 13 heteroatoms. The quantitative estimate of drug-likeness (QED) is 0.163. The van der Waals surface area contributed by atoms with E-state index in [2.05, 4.69) is 10.6 Å². The zero-order valence-corrected chi connectivity index (χ0v) is 33.3. The first kappa shape index (κ1) is 45.3. The first-order valence-corrected chi connectivity index (χ1v) is 18.4. The number of amides is 4. The molecule has 0 aromatic heterocycles. The molecule has 1 aliphatic heterocycles. The number of nitrogens with zero attached hydrogens (tertiary/aromatic N) is 3. The van der Waals surface area contributed by atoms with Gasteiger partial charge in [0.15, 0.2) is 0 Å². The highest BCUT2D eigenvalue weighted by Gasteiger charge is 2.43. The van der Waals surface area contributed by atoms with Gasteiger partial charge in [0.25, 0.3) is 0 Å². The molecule has 9 atom stereocenters. The van der Waals surface area contributed by atoms with E-state index >= 15 is 0 Å². The summed E-state index contributed by atoms with van der Waals surface area (Å²) in [5.41, 5.74) is 0. The number of aliphatic carboxylic acids is 1. The number of rotatable bonds is 21. The van der Waals surface area contributed by atoms with Crippen LogP contribution >= 0.6 is 0 Å². The maximum absolute atomic E-state index is 14.2. The maximum atomic E-state index is 14.2. The molecule has 9 unspecified atom stereocenters. The maximum Gasteiger partial charge on any atom is 0.326 e. The number of carboxylic acids is 1. The van der Waals surface area contributed by atoms with Crippen LogP contribution in [0.2, 0.25) is 0 Å². The number of nitrogens with one attached hydrogen (secondary N) is 2. The minimum Gasteiger partial charge on any atom is -0.480 e. The van der Waals surface area contributed by atoms with Gasteiger partial charge >= 0.3 is 5.97 Å². The van der Waals surface area contributed by atoms with Crippen molar-refractivity contribution in [1.29, 1.82) is 0 Å². The molecule has 0 aromatic carbocycles. The highest BCUT2D eigenvalue weighted by molar-refractivity contribution is 5.90. The Morgan fingerprint density at radius 3 is 1.92 bits per heavy atom. The Morgan fingerprint density at radius 2 is 1.48 bits per heavy atom. The van der Waals surface area contributed by atoms with Crippen molar-refractivity contribution in [3.05, 3.63) is 0 Å². The molecular formula is C37H69N5O8. The number of carbonyl (C=O) groups excluding carboxylic acids is 4. The molecule has 4 amide bonds. The monoisotopic (exact) mass is 712 g/mol. The van der Waals surface area contributed by atoms with E-state index in [1.165, 1.54) is 7.11 Å². The average Bonchev–Trinajstić information content (AvgIpc) is 3.51. The summed E-state index contributed by atoms with van der Waals surface area (Å²) in [5.74, 6) is -2.98. The Bertz CT molecular complexity index is 1110. The lowest BCUT2D eigenvalue weighted by molar-refractivity contribution is -0.148. The molecule has 1 heterocycles. The molecule has 0 spiro atoms. The predicted octanol–water partition coefficient (Wildman–Crippen LogP) is 3.25. The van der Waals surface area contributed by atoms with Gasteiger partial charge < -0.3 is 35.0 Å². The van der Waals surface area contributed by atoms with Gasteiger partial charge in [-0.3, -0.25) is 24.1 Å². The lowest BCUT2D eigenvalue weighted by Crippen LogP contribution is -2.59.